The van der Waals surface area contributed by atoms with E-state index in [1.54, 1.807) is 23.6 Å². The second-order valence-corrected chi connectivity index (χ2v) is 5.43. The van der Waals surface area contributed by atoms with Crippen molar-refractivity contribution in [2.75, 3.05) is 26.2 Å². The van der Waals surface area contributed by atoms with Gasteiger partial charge in [-0.2, -0.15) is 0 Å². The topological polar surface area (TPSA) is 40.6 Å². The van der Waals surface area contributed by atoms with E-state index in [1.807, 2.05) is 0 Å². The summed E-state index contributed by atoms with van der Waals surface area (Å²) in [4.78, 5) is 25.3. The smallest absolute Gasteiger partial charge is 0.219 e. The zero-order chi connectivity index (χ0) is 15.4. The molecule has 0 aromatic heterocycles. The first-order valence-corrected chi connectivity index (χ1v) is 8.03. The van der Waals surface area contributed by atoms with Crippen molar-refractivity contribution in [3.8, 4) is 0 Å². The number of hydrogen-bond donors (Lipinski definition) is 0. The van der Waals surface area contributed by atoms with Gasteiger partial charge in [0.05, 0.1) is 0 Å². The molecule has 4 nitrogen and oxygen atoms in total. The predicted molar refractivity (Wildman–Crippen MR) is 83.6 cm³/mol. The Kier molecular flexibility index (Phi) is 11.1. The summed E-state index contributed by atoms with van der Waals surface area (Å²) in [5.41, 5.74) is 0. The Labute approximate surface area is 124 Å². The summed E-state index contributed by atoms with van der Waals surface area (Å²) in [7, 11) is 0. The molecule has 2 amide bonds. The zero-order valence-corrected chi connectivity index (χ0v) is 13.8. The van der Waals surface area contributed by atoms with Crippen molar-refractivity contribution < 1.29 is 9.59 Å². The Bertz CT molecular complexity index is 244. The number of nitrogens with zero attached hydrogens (tertiary/aromatic N) is 2. The van der Waals surface area contributed by atoms with Crippen molar-refractivity contribution in [2.45, 2.75) is 66.2 Å². The van der Waals surface area contributed by atoms with Crippen molar-refractivity contribution in [3.63, 3.8) is 0 Å². The highest BCUT2D eigenvalue weighted by molar-refractivity contribution is 5.75. The van der Waals surface area contributed by atoms with Crippen molar-refractivity contribution in [3.05, 3.63) is 0 Å². The number of carbonyl (C=O) groups is 2. The van der Waals surface area contributed by atoms with Crippen LogP contribution in [0.1, 0.15) is 66.2 Å². The molecule has 0 atom stereocenters. The molecule has 1 fully saturated rings. The van der Waals surface area contributed by atoms with Gasteiger partial charge in [0.1, 0.15) is 0 Å². The van der Waals surface area contributed by atoms with Gasteiger partial charge >= 0.3 is 0 Å². The van der Waals surface area contributed by atoms with Gasteiger partial charge in [-0.05, 0) is 0 Å². The summed E-state index contributed by atoms with van der Waals surface area (Å²) < 4.78 is 0. The highest BCUT2D eigenvalue weighted by Gasteiger charge is 2.19. The highest BCUT2D eigenvalue weighted by atomic mass is 16.2. The number of hydrogen-bond acceptors (Lipinski definition) is 2. The molecule has 0 spiro atoms. The van der Waals surface area contributed by atoms with Gasteiger partial charge in [-0.1, -0.05) is 52.4 Å². The Morgan fingerprint density at radius 1 is 0.700 bits per heavy atom. The van der Waals surface area contributed by atoms with Crippen molar-refractivity contribution >= 4 is 11.8 Å². The second kappa shape index (κ2) is 11.7. The third kappa shape index (κ3) is 8.94. The number of unbranched alkanes of at least 4 members (excludes halogenated alkanes) is 5. The van der Waals surface area contributed by atoms with Crippen LogP contribution in [0.3, 0.4) is 0 Å². The molecule has 0 aromatic carbocycles. The van der Waals surface area contributed by atoms with Crippen LogP contribution in [0.25, 0.3) is 0 Å². The van der Waals surface area contributed by atoms with E-state index in [-0.39, 0.29) is 11.8 Å². The summed E-state index contributed by atoms with van der Waals surface area (Å²) in [6.07, 6.45) is 8.49. The molecule has 1 aliphatic heterocycles. The van der Waals surface area contributed by atoms with E-state index >= 15 is 0 Å². The first kappa shape index (κ1) is 18.9. The summed E-state index contributed by atoms with van der Waals surface area (Å²) in [6.45, 7) is 10.3. The molecule has 0 radical (unpaired) electrons. The van der Waals surface area contributed by atoms with Crippen molar-refractivity contribution in [2.24, 2.45) is 0 Å². The molecule has 118 valence electrons. The fraction of sp³-hybridized carbons (Fsp3) is 0.875. The van der Waals surface area contributed by atoms with Crippen LogP contribution in [0.4, 0.5) is 0 Å². The Balaban J connectivity index is 0.000000396. The van der Waals surface area contributed by atoms with Crippen LogP contribution in [0.2, 0.25) is 0 Å². The van der Waals surface area contributed by atoms with Crippen LogP contribution in [-0.2, 0) is 9.59 Å². The minimum absolute atomic E-state index is 0.0956. The first-order chi connectivity index (χ1) is 9.52. The molecule has 20 heavy (non-hydrogen) atoms. The van der Waals surface area contributed by atoms with E-state index in [4.69, 9.17) is 0 Å². The van der Waals surface area contributed by atoms with Gasteiger partial charge in [0.25, 0.3) is 0 Å². The van der Waals surface area contributed by atoms with Crippen molar-refractivity contribution in [1.29, 1.82) is 0 Å². The fourth-order valence-electron chi connectivity index (χ4n) is 2.19. The lowest BCUT2D eigenvalue weighted by molar-refractivity contribution is -0.137. The lowest BCUT2D eigenvalue weighted by Crippen LogP contribution is -2.49. The number of piperazine rings is 1. The fourth-order valence-corrected chi connectivity index (χ4v) is 2.19. The maximum absolute atomic E-state index is 10.9. The molecule has 0 N–H and O–H groups in total. The molecule has 0 saturated carbocycles. The van der Waals surface area contributed by atoms with Gasteiger partial charge < -0.3 is 9.80 Å². The molecule has 4 heteroatoms. The van der Waals surface area contributed by atoms with Gasteiger partial charge in [-0.25, -0.2) is 0 Å². The molecule has 0 aromatic rings. The molecule has 1 aliphatic rings. The van der Waals surface area contributed by atoms with Crippen LogP contribution in [0.15, 0.2) is 0 Å². The zero-order valence-electron chi connectivity index (χ0n) is 13.8. The van der Waals surface area contributed by atoms with E-state index in [0.29, 0.717) is 26.2 Å². The molecule has 0 bridgehead atoms. The second-order valence-electron chi connectivity index (χ2n) is 5.43. The Morgan fingerprint density at radius 2 is 1.00 bits per heavy atom. The Morgan fingerprint density at radius 3 is 1.20 bits per heavy atom. The van der Waals surface area contributed by atoms with Gasteiger partial charge in [0.2, 0.25) is 11.8 Å². The van der Waals surface area contributed by atoms with Crippen LogP contribution < -0.4 is 0 Å². The molecular formula is C16H32N2O2. The quantitative estimate of drug-likeness (QED) is 0.728. The standard InChI is InChI=1S/C8H14N2O2.C8H18/c1-7(11)9-3-5-10(6-4-9)8(2)12;1-3-5-7-8-6-4-2/h3-6H2,1-2H3;3-8H2,1-2H3. The highest BCUT2D eigenvalue weighted by Crippen LogP contribution is 2.03. The third-order valence-electron chi connectivity index (χ3n) is 3.63. The van der Waals surface area contributed by atoms with E-state index in [2.05, 4.69) is 13.8 Å². The Hall–Kier alpha value is -1.06. The SMILES string of the molecule is CC(=O)N1CCN(C(C)=O)CC1.CCCCCCCC. The van der Waals surface area contributed by atoms with Crippen LogP contribution >= 0.6 is 0 Å². The third-order valence-corrected chi connectivity index (χ3v) is 3.63. The predicted octanol–water partition coefficient (Wildman–Crippen LogP) is 3.06. The summed E-state index contributed by atoms with van der Waals surface area (Å²) >= 11 is 0. The van der Waals surface area contributed by atoms with Gasteiger partial charge in [-0.3, -0.25) is 9.59 Å². The lowest BCUT2D eigenvalue weighted by Gasteiger charge is -2.33. The average molecular weight is 284 g/mol. The largest absolute Gasteiger partial charge is 0.339 e. The number of rotatable bonds is 5. The summed E-state index contributed by atoms with van der Waals surface area (Å²) in [6, 6.07) is 0. The molecule has 1 rings (SSSR count). The van der Waals surface area contributed by atoms with Gasteiger partial charge in [0, 0.05) is 40.0 Å². The van der Waals surface area contributed by atoms with Crippen molar-refractivity contribution in [1.82, 2.24) is 9.80 Å². The monoisotopic (exact) mass is 284 g/mol. The van der Waals surface area contributed by atoms with Gasteiger partial charge in [0.15, 0.2) is 0 Å². The van der Waals surface area contributed by atoms with Crippen LogP contribution in [0.5, 0.6) is 0 Å². The lowest BCUT2D eigenvalue weighted by atomic mass is 10.1. The minimum atomic E-state index is 0.0956. The van der Waals surface area contributed by atoms with E-state index in [9.17, 15) is 9.59 Å². The minimum Gasteiger partial charge on any atom is -0.339 e. The normalized spacial score (nSPS) is 14.6. The molecule has 1 heterocycles. The van der Waals surface area contributed by atoms with E-state index < -0.39 is 0 Å². The maximum Gasteiger partial charge on any atom is 0.219 e. The van der Waals surface area contributed by atoms with Crippen LogP contribution in [0, 0.1) is 0 Å². The van der Waals surface area contributed by atoms with E-state index in [0.717, 1.165) is 0 Å². The number of amides is 2. The first-order valence-electron chi connectivity index (χ1n) is 8.03. The van der Waals surface area contributed by atoms with Crippen LogP contribution in [-0.4, -0.2) is 47.8 Å². The van der Waals surface area contributed by atoms with Gasteiger partial charge in [-0.15, -0.1) is 0 Å². The molecular weight excluding hydrogens is 252 g/mol. The van der Waals surface area contributed by atoms with E-state index in [1.165, 1.54) is 38.5 Å². The molecule has 1 saturated heterocycles. The number of carbonyl (C=O) groups excluding carboxylic acids is 2. The molecule has 0 aliphatic carbocycles. The molecule has 0 unspecified atom stereocenters. The summed E-state index contributed by atoms with van der Waals surface area (Å²) in [5, 5.41) is 0. The maximum atomic E-state index is 10.9. The summed E-state index contributed by atoms with van der Waals surface area (Å²) in [5.74, 6) is 0.191. The average Bonchev–Trinajstić information content (AvgIpc) is 2.44.